The molecule has 0 spiro atoms. The Kier molecular flexibility index (Phi) is 3.82. The molecule has 0 bridgehead atoms. The van der Waals surface area contributed by atoms with Crippen molar-refractivity contribution in [3.63, 3.8) is 0 Å². The van der Waals surface area contributed by atoms with E-state index in [2.05, 4.69) is 11.9 Å². The number of hydrogen-bond donors (Lipinski definition) is 1. The van der Waals surface area contributed by atoms with Gasteiger partial charge >= 0.3 is 5.69 Å². The maximum Gasteiger partial charge on any atom is 0.330 e. The van der Waals surface area contributed by atoms with Crippen LogP contribution in [0.1, 0.15) is 52.7 Å². The minimum Gasteiger partial charge on any atom is -0.354 e. The Labute approximate surface area is 114 Å². The van der Waals surface area contributed by atoms with Gasteiger partial charge in [-0.1, -0.05) is 26.7 Å². The average Bonchev–Trinajstić information content (AvgIpc) is 2.76. The highest BCUT2D eigenvalue weighted by Gasteiger charge is 2.33. The summed E-state index contributed by atoms with van der Waals surface area (Å²) in [4.78, 5) is 25.6. The minimum atomic E-state index is -0.449. The molecule has 1 aliphatic heterocycles. The van der Waals surface area contributed by atoms with E-state index in [1.807, 2.05) is 6.92 Å². The van der Waals surface area contributed by atoms with E-state index < -0.39 is 5.69 Å². The second-order valence-electron chi connectivity index (χ2n) is 5.27. The number of hydrogen-bond acceptors (Lipinski definition) is 3. The highest BCUT2D eigenvalue weighted by molar-refractivity contribution is 5.01. The van der Waals surface area contributed by atoms with Gasteiger partial charge < -0.3 is 4.74 Å². The molecule has 5 heteroatoms. The maximum absolute atomic E-state index is 11.9. The number of aryl methyl sites for hydroxylation is 1. The van der Waals surface area contributed by atoms with Crippen molar-refractivity contribution in [2.24, 2.45) is 5.92 Å². The van der Waals surface area contributed by atoms with E-state index in [1.165, 1.54) is 4.57 Å². The van der Waals surface area contributed by atoms with E-state index >= 15 is 0 Å². The van der Waals surface area contributed by atoms with Crippen molar-refractivity contribution in [1.29, 1.82) is 0 Å². The Morgan fingerprint density at radius 3 is 3.00 bits per heavy atom. The molecular formula is C14H22N2O3. The lowest BCUT2D eigenvalue weighted by Gasteiger charge is -2.16. The number of rotatable bonds is 4. The molecule has 2 rings (SSSR count). The number of nitrogens with zero attached hydrogens (tertiary/aromatic N) is 1. The molecule has 4 atom stereocenters. The molecule has 1 fully saturated rings. The van der Waals surface area contributed by atoms with Crippen LogP contribution in [-0.2, 0) is 4.74 Å². The second-order valence-corrected chi connectivity index (χ2v) is 5.27. The summed E-state index contributed by atoms with van der Waals surface area (Å²) >= 11 is 0. The van der Waals surface area contributed by atoms with Crippen LogP contribution in [0.2, 0.25) is 0 Å². The van der Waals surface area contributed by atoms with Crippen LogP contribution in [0.25, 0.3) is 0 Å². The topological polar surface area (TPSA) is 64.1 Å². The van der Waals surface area contributed by atoms with Crippen molar-refractivity contribution in [3.05, 3.63) is 32.6 Å². The zero-order chi connectivity index (χ0) is 14.9. The molecule has 1 saturated heterocycles. The molecule has 19 heavy (non-hydrogen) atoms. The summed E-state index contributed by atoms with van der Waals surface area (Å²) < 4.78 is 15.5. The number of ether oxygens (including phenoxy) is 1. The van der Waals surface area contributed by atoms with Gasteiger partial charge in [-0.05, 0) is 25.7 Å². The fourth-order valence-corrected chi connectivity index (χ4v) is 2.42. The summed E-state index contributed by atoms with van der Waals surface area (Å²) in [5.41, 5.74) is -0.325. The summed E-state index contributed by atoms with van der Waals surface area (Å²) in [5.74, 6) is 0.230. The summed E-state index contributed by atoms with van der Waals surface area (Å²) in [7, 11) is 0. The second kappa shape index (κ2) is 5.74. The Morgan fingerprint density at radius 2 is 2.32 bits per heavy atom. The van der Waals surface area contributed by atoms with Crippen LogP contribution in [0, 0.1) is 12.8 Å². The molecule has 106 valence electrons. The van der Waals surface area contributed by atoms with Crippen LogP contribution in [0.5, 0.6) is 0 Å². The summed E-state index contributed by atoms with van der Waals surface area (Å²) in [6.07, 6.45) is 3.17. The van der Waals surface area contributed by atoms with E-state index in [1.54, 1.807) is 13.1 Å². The van der Waals surface area contributed by atoms with Crippen molar-refractivity contribution < 1.29 is 6.11 Å². The molecule has 0 unspecified atom stereocenters. The Hall–Kier alpha value is -1.36. The van der Waals surface area contributed by atoms with Gasteiger partial charge in [0.1, 0.15) is 6.23 Å². The van der Waals surface area contributed by atoms with Crippen molar-refractivity contribution >= 4 is 0 Å². The SMILES string of the molecule is [2H][C@H](CCC)[C@H]1O[C@@H](n2cc(C)c(=O)[nH]c2=O)C[C@@H]1C. The average molecular weight is 267 g/mol. The van der Waals surface area contributed by atoms with Crippen molar-refractivity contribution in [2.75, 3.05) is 0 Å². The first kappa shape index (κ1) is 12.7. The van der Waals surface area contributed by atoms with Gasteiger partial charge in [-0.25, -0.2) is 4.79 Å². The van der Waals surface area contributed by atoms with E-state index in [0.29, 0.717) is 12.0 Å². The number of aromatic nitrogens is 2. The third kappa shape index (κ3) is 2.97. The molecule has 1 aromatic heterocycles. The van der Waals surface area contributed by atoms with Crippen molar-refractivity contribution in [2.45, 2.75) is 58.8 Å². The van der Waals surface area contributed by atoms with Crippen LogP contribution in [0.3, 0.4) is 0 Å². The molecule has 5 nitrogen and oxygen atoms in total. The van der Waals surface area contributed by atoms with E-state index in [9.17, 15) is 9.59 Å². The zero-order valence-electron chi connectivity index (χ0n) is 12.7. The lowest BCUT2D eigenvalue weighted by atomic mass is 9.99. The van der Waals surface area contributed by atoms with E-state index in [-0.39, 0.29) is 30.2 Å². The normalized spacial score (nSPS) is 29.2. The Balaban J connectivity index is 2.22. The van der Waals surface area contributed by atoms with Gasteiger partial charge in [-0.2, -0.15) is 0 Å². The number of aromatic amines is 1. The van der Waals surface area contributed by atoms with Crippen LogP contribution in [0.4, 0.5) is 0 Å². The molecule has 0 saturated carbocycles. The summed E-state index contributed by atoms with van der Waals surface area (Å²) in [6.45, 7) is 5.76. The molecule has 0 aromatic carbocycles. The number of nitrogens with one attached hydrogen (secondary N) is 1. The Morgan fingerprint density at radius 1 is 1.58 bits per heavy atom. The van der Waals surface area contributed by atoms with E-state index in [4.69, 9.17) is 6.11 Å². The van der Waals surface area contributed by atoms with Gasteiger partial charge in [0.05, 0.1) is 6.10 Å². The lowest BCUT2D eigenvalue weighted by Crippen LogP contribution is -2.33. The molecular weight excluding hydrogens is 244 g/mol. The first-order chi connectivity index (χ1) is 9.43. The first-order valence-corrected chi connectivity index (χ1v) is 6.83. The Bertz CT molecular complexity index is 581. The zero-order valence-corrected chi connectivity index (χ0v) is 11.7. The van der Waals surface area contributed by atoms with Crippen LogP contribution >= 0.6 is 0 Å². The third-order valence-electron chi connectivity index (χ3n) is 3.59. The molecule has 1 aromatic rings. The van der Waals surface area contributed by atoms with Crippen molar-refractivity contribution in [1.82, 2.24) is 9.55 Å². The van der Waals surface area contributed by atoms with Gasteiger partial charge in [-0.3, -0.25) is 14.3 Å². The smallest absolute Gasteiger partial charge is 0.330 e. The standard InChI is InChI=1S/C14H22N2O3/c1-4-5-6-11-9(2)7-12(19-11)16-8-10(3)13(17)15-14(16)18/h8-9,11-12H,4-7H2,1-3H3,(H,15,17,18)/t9-,11+,12+/m0/s1/i6D/t6-,9+,11-,12-/m1. The van der Waals surface area contributed by atoms with Crippen molar-refractivity contribution in [3.8, 4) is 0 Å². The molecule has 2 heterocycles. The summed E-state index contributed by atoms with van der Waals surface area (Å²) in [5, 5.41) is 0. The molecule has 1 N–H and O–H groups in total. The lowest BCUT2D eigenvalue weighted by molar-refractivity contribution is -0.0108. The summed E-state index contributed by atoms with van der Waals surface area (Å²) in [6, 6.07) is 0. The van der Waals surface area contributed by atoms with Gasteiger partial charge in [0, 0.05) is 13.1 Å². The highest BCUT2D eigenvalue weighted by Crippen LogP contribution is 2.34. The van der Waals surface area contributed by atoms with Gasteiger partial charge in [-0.15, -0.1) is 0 Å². The highest BCUT2D eigenvalue weighted by atomic mass is 16.5. The number of H-pyrrole nitrogens is 1. The maximum atomic E-state index is 11.9. The van der Waals surface area contributed by atoms with Crippen LogP contribution in [-0.4, -0.2) is 15.7 Å². The minimum absolute atomic E-state index is 0.154. The van der Waals surface area contributed by atoms with E-state index in [0.717, 1.165) is 12.8 Å². The predicted octanol–water partition coefficient (Wildman–Crippen LogP) is 1.96. The molecule has 0 aliphatic carbocycles. The molecule has 0 radical (unpaired) electrons. The monoisotopic (exact) mass is 267 g/mol. The fraction of sp³-hybridized carbons (Fsp3) is 0.714. The first-order valence-electron chi connectivity index (χ1n) is 7.41. The molecule has 1 aliphatic rings. The van der Waals surface area contributed by atoms with Crippen LogP contribution < -0.4 is 11.2 Å². The van der Waals surface area contributed by atoms with Crippen LogP contribution in [0.15, 0.2) is 15.8 Å². The van der Waals surface area contributed by atoms with Gasteiger partial charge in [0.15, 0.2) is 0 Å². The third-order valence-corrected chi connectivity index (χ3v) is 3.59. The largest absolute Gasteiger partial charge is 0.354 e. The quantitative estimate of drug-likeness (QED) is 0.907. The molecule has 0 amide bonds. The predicted molar refractivity (Wildman–Crippen MR) is 73.3 cm³/mol. The fourth-order valence-electron chi connectivity index (χ4n) is 2.42. The van der Waals surface area contributed by atoms with Gasteiger partial charge in [0.2, 0.25) is 0 Å². The van der Waals surface area contributed by atoms with Gasteiger partial charge in [0.25, 0.3) is 5.56 Å².